The highest BCUT2D eigenvalue weighted by Crippen LogP contribution is 2.20. The second-order valence-electron chi connectivity index (χ2n) is 4.15. The van der Waals surface area contributed by atoms with Crippen LogP contribution in [-0.4, -0.2) is 28.1 Å². The molecule has 2 aromatic rings. The van der Waals surface area contributed by atoms with Crippen molar-refractivity contribution < 1.29 is 9.90 Å². The highest BCUT2D eigenvalue weighted by Gasteiger charge is 2.22. The fraction of sp³-hybridized carbons (Fsp3) is 0.167. The van der Waals surface area contributed by atoms with E-state index in [2.05, 4.69) is 20.8 Å². The normalized spacial score (nSPS) is 14.8. The molecule has 0 amide bonds. The molecule has 1 saturated heterocycles. The largest absolute Gasteiger partial charge is 0.480 e. The fourth-order valence-electron chi connectivity index (χ4n) is 1.95. The monoisotopic (exact) mass is 244 g/mol. The molecule has 2 heterocycles. The van der Waals surface area contributed by atoms with Crippen molar-refractivity contribution in [2.24, 2.45) is 4.99 Å². The fourth-order valence-corrected chi connectivity index (χ4v) is 1.95. The van der Waals surface area contributed by atoms with E-state index in [0.717, 1.165) is 16.5 Å². The number of hydrogen-bond acceptors (Lipinski definition) is 2. The Hall–Kier alpha value is -2.50. The van der Waals surface area contributed by atoms with E-state index in [1.54, 1.807) is 0 Å². The van der Waals surface area contributed by atoms with Crippen LogP contribution in [0.5, 0.6) is 0 Å². The molecule has 1 aliphatic rings. The number of aromatic amines is 1. The number of aliphatic carboxylic acids is 1. The van der Waals surface area contributed by atoms with Crippen LogP contribution in [0.25, 0.3) is 10.9 Å². The summed E-state index contributed by atoms with van der Waals surface area (Å²) in [6.07, 6.45) is 2.21. The summed E-state index contributed by atoms with van der Waals surface area (Å²) in [5.74, 6) is -0.398. The first-order valence-corrected chi connectivity index (χ1v) is 5.61. The summed E-state index contributed by atoms with van der Waals surface area (Å²) in [7, 11) is 0. The smallest absolute Gasteiger partial charge is 0.328 e. The van der Waals surface area contributed by atoms with E-state index in [4.69, 9.17) is 5.11 Å². The van der Waals surface area contributed by atoms with Crippen LogP contribution in [0.1, 0.15) is 5.56 Å². The van der Waals surface area contributed by atoms with E-state index in [1.807, 2.05) is 30.5 Å². The Kier molecular flexibility index (Phi) is 2.40. The van der Waals surface area contributed by atoms with Crippen molar-refractivity contribution in [2.45, 2.75) is 12.5 Å². The van der Waals surface area contributed by atoms with Crippen LogP contribution in [0.2, 0.25) is 0 Å². The minimum absolute atomic E-state index is 0.367. The van der Waals surface area contributed by atoms with Gasteiger partial charge < -0.3 is 10.1 Å². The Morgan fingerprint density at radius 2 is 2.11 bits per heavy atom. The number of hydrazine groups is 1. The zero-order chi connectivity index (χ0) is 12.5. The van der Waals surface area contributed by atoms with Crippen LogP contribution in [0.4, 0.5) is 0 Å². The van der Waals surface area contributed by atoms with E-state index in [-0.39, 0.29) is 0 Å². The van der Waals surface area contributed by atoms with Crippen LogP contribution < -0.4 is 10.9 Å². The van der Waals surface area contributed by atoms with Crippen LogP contribution >= 0.6 is 0 Å². The Bertz CT molecular complexity index is 626. The highest BCUT2D eigenvalue weighted by molar-refractivity contribution is 5.93. The summed E-state index contributed by atoms with van der Waals surface area (Å²) in [5.41, 5.74) is 7.30. The maximum atomic E-state index is 11.2. The molecule has 18 heavy (non-hydrogen) atoms. The lowest BCUT2D eigenvalue weighted by atomic mass is 10.1. The van der Waals surface area contributed by atoms with Crippen molar-refractivity contribution in [3.8, 4) is 0 Å². The van der Waals surface area contributed by atoms with Gasteiger partial charge in [-0.1, -0.05) is 18.2 Å². The van der Waals surface area contributed by atoms with Gasteiger partial charge in [0, 0.05) is 23.5 Å². The molecule has 1 aromatic heterocycles. The van der Waals surface area contributed by atoms with Crippen LogP contribution in [0.15, 0.2) is 35.5 Å². The van der Waals surface area contributed by atoms with Crippen molar-refractivity contribution >= 4 is 22.8 Å². The molecule has 0 aliphatic carbocycles. The number of para-hydroxylation sites is 1. The van der Waals surface area contributed by atoms with E-state index in [9.17, 15) is 4.79 Å². The van der Waals surface area contributed by atoms with Gasteiger partial charge in [-0.05, 0) is 11.6 Å². The number of carboxylic acids is 1. The van der Waals surface area contributed by atoms with Gasteiger partial charge >= 0.3 is 5.97 Å². The van der Waals surface area contributed by atoms with Gasteiger partial charge in [0.05, 0.1) is 0 Å². The number of benzene rings is 1. The quantitative estimate of drug-likeness (QED) is 0.591. The van der Waals surface area contributed by atoms with Gasteiger partial charge in [-0.25, -0.2) is 9.79 Å². The number of carboxylic acid groups (broad SMARTS) is 1. The van der Waals surface area contributed by atoms with E-state index < -0.39 is 12.0 Å². The van der Waals surface area contributed by atoms with Gasteiger partial charge in [0.15, 0.2) is 6.04 Å². The first kappa shape index (κ1) is 10.6. The van der Waals surface area contributed by atoms with Gasteiger partial charge in [-0.15, -0.1) is 0 Å². The molecule has 0 saturated carbocycles. The lowest BCUT2D eigenvalue weighted by molar-refractivity contribution is -0.138. The average Bonchev–Trinajstić information content (AvgIpc) is 3.09. The molecule has 0 radical (unpaired) electrons. The van der Waals surface area contributed by atoms with Crippen molar-refractivity contribution in [3.63, 3.8) is 0 Å². The number of nitrogens with one attached hydrogen (secondary N) is 3. The molecule has 1 atom stereocenters. The van der Waals surface area contributed by atoms with Gasteiger partial charge in [-0.3, -0.25) is 10.9 Å². The summed E-state index contributed by atoms with van der Waals surface area (Å²) in [6, 6.07) is 7.04. The average molecular weight is 244 g/mol. The molecule has 0 spiro atoms. The Morgan fingerprint density at radius 1 is 1.33 bits per heavy atom. The molecule has 92 valence electrons. The minimum Gasteiger partial charge on any atom is -0.480 e. The number of aromatic nitrogens is 1. The standard InChI is InChI=1S/C12H12N4O2/c17-11(18)10(14-12-15-16-12)5-7-6-13-9-4-2-1-3-8(7)9/h1-4,6,10,13H,5H2,(H,17,18)(H2,14,15,16)/t10-/m0/s1. The molecule has 0 bridgehead atoms. The van der Waals surface area contributed by atoms with Crippen molar-refractivity contribution in [1.82, 2.24) is 15.8 Å². The number of hydrogen-bond donors (Lipinski definition) is 4. The molecule has 0 unspecified atom stereocenters. The molecular formula is C12H12N4O2. The molecule has 6 heteroatoms. The van der Waals surface area contributed by atoms with Gasteiger partial charge in [0.1, 0.15) is 0 Å². The van der Waals surface area contributed by atoms with Gasteiger partial charge in [0.25, 0.3) is 0 Å². The lowest BCUT2D eigenvalue weighted by Gasteiger charge is -2.05. The predicted octanol–water partition coefficient (Wildman–Crippen LogP) is 0.627. The number of fused-ring (bicyclic) bond motifs is 1. The summed E-state index contributed by atoms with van der Waals surface area (Å²) in [4.78, 5) is 18.3. The number of carbonyl (C=O) groups is 1. The maximum Gasteiger partial charge on any atom is 0.328 e. The summed E-state index contributed by atoms with van der Waals surface area (Å²) < 4.78 is 0. The number of rotatable bonds is 4. The minimum atomic E-state index is -0.928. The second-order valence-corrected chi connectivity index (χ2v) is 4.15. The Labute approximate surface area is 103 Å². The summed E-state index contributed by atoms with van der Waals surface area (Å²) >= 11 is 0. The van der Waals surface area contributed by atoms with E-state index in [1.165, 1.54) is 0 Å². The molecule has 1 fully saturated rings. The number of nitrogens with zero attached hydrogens (tertiary/aromatic N) is 1. The topological polar surface area (TPSA) is 109 Å². The number of H-pyrrole nitrogens is 1. The summed E-state index contributed by atoms with van der Waals surface area (Å²) in [6.45, 7) is 0. The molecule has 4 N–H and O–H groups in total. The van der Waals surface area contributed by atoms with Crippen LogP contribution in [0, 0.1) is 0 Å². The second kappa shape index (κ2) is 4.06. The van der Waals surface area contributed by atoms with Crippen molar-refractivity contribution in [3.05, 3.63) is 36.0 Å². The van der Waals surface area contributed by atoms with Crippen LogP contribution in [0.3, 0.4) is 0 Å². The van der Waals surface area contributed by atoms with Gasteiger partial charge in [-0.2, -0.15) is 0 Å². The molecule has 1 aromatic carbocycles. The number of guanidine groups is 1. The van der Waals surface area contributed by atoms with Gasteiger partial charge in [0.2, 0.25) is 5.96 Å². The highest BCUT2D eigenvalue weighted by atomic mass is 16.4. The van der Waals surface area contributed by atoms with Crippen molar-refractivity contribution in [1.29, 1.82) is 0 Å². The predicted molar refractivity (Wildman–Crippen MR) is 67.1 cm³/mol. The first-order chi connectivity index (χ1) is 8.74. The molecular weight excluding hydrogens is 232 g/mol. The Balaban J connectivity index is 1.90. The lowest BCUT2D eigenvalue weighted by Crippen LogP contribution is -2.21. The first-order valence-electron chi connectivity index (χ1n) is 5.61. The Morgan fingerprint density at radius 3 is 2.83 bits per heavy atom. The molecule has 6 nitrogen and oxygen atoms in total. The number of aliphatic imine (C=N–C) groups is 1. The zero-order valence-electron chi connectivity index (χ0n) is 9.47. The molecule has 3 rings (SSSR count). The summed E-state index contributed by atoms with van der Waals surface area (Å²) in [5, 5.41) is 10.2. The maximum absolute atomic E-state index is 11.2. The third-order valence-corrected chi connectivity index (χ3v) is 2.89. The van der Waals surface area contributed by atoms with E-state index in [0.29, 0.717) is 12.4 Å². The third kappa shape index (κ3) is 2.00. The zero-order valence-corrected chi connectivity index (χ0v) is 9.47. The molecule has 1 aliphatic heterocycles. The van der Waals surface area contributed by atoms with E-state index >= 15 is 0 Å². The van der Waals surface area contributed by atoms with Crippen molar-refractivity contribution in [2.75, 3.05) is 0 Å². The third-order valence-electron chi connectivity index (χ3n) is 2.89. The van der Waals surface area contributed by atoms with Crippen LogP contribution in [-0.2, 0) is 11.2 Å². The SMILES string of the molecule is O=C(O)[C@H](Cc1c[nH]c2ccccc12)N=C1NN1.